The van der Waals surface area contributed by atoms with Crippen LogP contribution in [-0.2, 0) is 6.18 Å². The van der Waals surface area contributed by atoms with Crippen LogP contribution in [0.25, 0.3) is 5.69 Å². The van der Waals surface area contributed by atoms with Crippen LogP contribution in [0, 0.1) is 0 Å². The van der Waals surface area contributed by atoms with Crippen molar-refractivity contribution < 1.29 is 18.4 Å². The number of rotatable bonds is 2. The molecule has 0 aliphatic heterocycles. The average molecular weight is 324 g/mol. The summed E-state index contributed by atoms with van der Waals surface area (Å²) < 4.78 is 39.6. The van der Waals surface area contributed by atoms with Gasteiger partial charge in [0.05, 0.1) is 11.3 Å². The van der Waals surface area contributed by atoms with E-state index in [4.69, 9.17) is 28.4 Å². The Balaban J connectivity index is 2.72. The van der Waals surface area contributed by atoms with Crippen LogP contribution in [0.15, 0.2) is 35.5 Å². The van der Waals surface area contributed by atoms with Crippen LogP contribution in [0.3, 0.4) is 0 Å². The van der Waals surface area contributed by atoms with Crippen LogP contribution in [0.4, 0.5) is 13.2 Å². The van der Waals surface area contributed by atoms with Gasteiger partial charge in [-0.05, 0) is 12.1 Å². The molecule has 1 heterocycles. The highest BCUT2D eigenvalue weighted by molar-refractivity contribution is 6.70. The van der Waals surface area contributed by atoms with Crippen molar-refractivity contribution in [1.29, 1.82) is 0 Å². The first-order valence-electron chi connectivity index (χ1n) is 5.15. The molecule has 0 aliphatic carbocycles. The van der Waals surface area contributed by atoms with E-state index in [1.807, 2.05) is 0 Å². The maximum absolute atomic E-state index is 12.9. The van der Waals surface area contributed by atoms with Gasteiger partial charge in [0.15, 0.2) is 10.9 Å². The van der Waals surface area contributed by atoms with Crippen LogP contribution >= 0.6 is 23.2 Å². The highest BCUT2D eigenvalue weighted by Gasteiger charge is 2.40. The molecule has 4 nitrogen and oxygen atoms in total. The largest absolute Gasteiger partial charge is 0.435 e. The van der Waals surface area contributed by atoms with Crippen molar-refractivity contribution in [3.8, 4) is 5.69 Å². The SMILES string of the molecule is O/N=C(\Cl)c1c(C(F)(F)F)nn(-c2ccccc2)c1Cl. The van der Waals surface area contributed by atoms with Crippen LogP contribution in [0.2, 0.25) is 5.15 Å². The maximum Gasteiger partial charge on any atom is 0.435 e. The molecule has 0 amide bonds. The average Bonchev–Trinajstić information content (AvgIpc) is 2.76. The predicted octanol–water partition coefficient (Wildman–Crippen LogP) is 3.92. The fourth-order valence-corrected chi connectivity index (χ4v) is 2.11. The van der Waals surface area contributed by atoms with Gasteiger partial charge in [-0.1, -0.05) is 46.6 Å². The number of aromatic nitrogens is 2. The molecular weight excluding hydrogens is 318 g/mol. The molecule has 20 heavy (non-hydrogen) atoms. The monoisotopic (exact) mass is 323 g/mol. The molecule has 0 fully saturated rings. The van der Waals surface area contributed by atoms with Gasteiger partial charge < -0.3 is 5.21 Å². The molecule has 0 saturated carbocycles. The molecule has 0 spiro atoms. The van der Waals surface area contributed by atoms with Gasteiger partial charge in [-0.2, -0.15) is 18.3 Å². The molecule has 1 aromatic carbocycles. The summed E-state index contributed by atoms with van der Waals surface area (Å²) in [5.74, 6) is 0. The van der Waals surface area contributed by atoms with Gasteiger partial charge in [0, 0.05) is 0 Å². The lowest BCUT2D eigenvalue weighted by atomic mass is 10.2. The standard InChI is InChI=1S/C11H6Cl2F3N3O/c12-9(18-20)7-8(11(14,15)16)17-19(10(7)13)6-4-2-1-3-5-6/h1-5,20H/b18-9-. The minimum Gasteiger partial charge on any atom is -0.410 e. The van der Waals surface area contributed by atoms with Crippen LogP contribution < -0.4 is 0 Å². The Labute approximate surface area is 121 Å². The Morgan fingerprint density at radius 1 is 1.25 bits per heavy atom. The third-order valence-electron chi connectivity index (χ3n) is 2.39. The van der Waals surface area contributed by atoms with E-state index in [2.05, 4.69) is 10.3 Å². The molecule has 0 atom stereocenters. The normalized spacial score (nSPS) is 12.8. The number of nitrogens with zero attached hydrogens (tertiary/aromatic N) is 3. The maximum atomic E-state index is 12.9. The molecule has 0 aliphatic rings. The van der Waals surface area contributed by atoms with Gasteiger partial charge in [0.1, 0.15) is 5.15 Å². The number of hydrogen-bond donors (Lipinski definition) is 1. The van der Waals surface area contributed by atoms with Crippen molar-refractivity contribution >= 4 is 28.4 Å². The molecule has 106 valence electrons. The Bertz CT molecular complexity index is 653. The summed E-state index contributed by atoms with van der Waals surface area (Å²) in [5.41, 5.74) is -1.68. The molecule has 0 bridgehead atoms. The van der Waals surface area contributed by atoms with E-state index < -0.39 is 27.8 Å². The zero-order chi connectivity index (χ0) is 14.9. The van der Waals surface area contributed by atoms with Gasteiger partial charge in [-0.15, -0.1) is 0 Å². The van der Waals surface area contributed by atoms with Crippen molar-refractivity contribution in [2.24, 2.45) is 5.16 Å². The number of halogens is 5. The summed E-state index contributed by atoms with van der Waals surface area (Å²) in [5, 5.41) is 13.3. The van der Waals surface area contributed by atoms with E-state index in [9.17, 15) is 13.2 Å². The van der Waals surface area contributed by atoms with Crippen molar-refractivity contribution in [2.75, 3.05) is 0 Å². The third kappa shape index (κ3) is 2.59. The fourth-order valence-electron chi connectivity index (χ4n) is 1.57. The molecule has 1 aromatic heterocycles. The number of oxime groups is 1. The molecule has 2 rings (SSSR count). The smallest absolute Gasteiger partial charge is 0.410 e. The van der Waals surface area contributed by atoms with E-state index in [1.54, 1.807) is 18.2 Å². The fraction of sp³-hybridized carbons (Fsp3) is 0.0909. The van der Waals surface area contributed by atoms with Gasteiger partial charge in [-0.25, -0.2) is 4.68 Å². The van der Waals surface area contributed by atoms with E-state index in [-0.39, 0.29) is 0 Å². The molecule has 0 saturated heterocycles. The molecule has 2 aromatic rings. The van der Waals surface area contributed by atoms with Gasteiger partial charge in [0.25, 0.3) is 0 Å². The van der Waals surface area contributed by atoms with Crippen LogP contribution in [0.1, 0.15) is 11.3 Å². The Kier molecular flexibility index (Phi) is 3.92. The van der Waals surface area contributed by atoms with E-state index >= 15 is 0 Å². The third-order valence-corrected chi connectivity index (χ3v) is 3.01. The number of alkyl halides is 3. The van der Waals surface area contributed by atoms with E-state index in [0.29, 0.717) is 5.69 Å². The summed E-state index contributed by atoms with van der Waals surface area (Å²) in [6, 6.07) is 7.96. The van der Waals surface area contributed by atoms with Crippen molar-refractivity contribution in [2.45, 2.75) is 6.18 Å². The van der Waals surface area contributed by atoms with E-state index in [1.165, 1.54) is 12.1 Å². The lowest BCUT2D eigenvalue weighted by Gasteiger charge is -2.03. The second kappa shape index (κ2) is 5.34. The van der Waals surface area contributed by atoms with Crippen molar-refractivity contribution in [3.63, 3.8) is 0 Å². The first-order chi connectivity index (χ1) is 9.36. The Morgan fingerprint density at radius 2 is 1.85 bits per heavy atom. The van der Waals surface area contributed by atoms with Gasteiger partial charge in [0.2, 0.25) is 0 Å². The second-order valence-corrected chi connectivity index (χ2v) is 4.37. The minimum absolute atomic E-state index is 0.316. The summed E-state index contributed by atoms with van der Waals surface area (Å²) in [6.07, 6.45) is -4.79. The minimum atomic E-state index is -4.79. The van der Waals surface area contributed by atoms with Gasteiger partial charge >= 0.3 is 6.18 Å². The lowest BCUT2D eigenvalue weighted by molar-refractivity contribution is -0.141. The summed E-state index contributed by atoms with van der Waals surface area (Å²) in [6.45, 7) is 0. The molecule has 0 unspecified atom stereocenters. The van der Waals surface area contributed by atoms with Gasteiger partial charge in [-0.3, -0.25) is 0 Å². The quantitative estimate of drug-likeness (QED) is 0.517. The van der Waals surface area contributed by atoms with Crippen molar-refractivity contribution in [1.82, 2.24) is 9.78 Å². The summed E-state index contributed by atoms with van der Waals surface area (Å²) >= 11 is 11.3. The van der Waals surface area contributed by atoms with Crippen LogP contribution in [-0.4, -0.2) is 20.2 Å². The number of hydrogen-bond acceptors (Lipinski definition) is 3. The number of para-hydroxylation sites is 1. The lowest BCUT2D eigenvalue weighted by Crippen LogP contribution is -2.11. The first kappa shape index (κ1) is 14.7. The first-order valence-corrected chi connectivity index (χ1v) is 5.91. The zero-order valence-electron chi connectivity index (χ0n) is 9.57. The Morgan fingerprint density at radius 3 is 2.35 bits per heavy atom. The zero-order valence-corrected chi connectivity index (χ0v) is 11.1. The summed E-state index contributed by atoms with van der Waals surface area (Å²) in [7, 11) is 0. The topological polar surface area (TPSA) is 50.4 Å². The highest BCUT2D eigenvalue weighted by Crippen LogP contribution is 2.36. The molecular formula is C11H6Cl2F3N3O. The second-order valence-electron chi connectivity index (χ2n) is 3.65. The summed E-state index contributed by atoms with van der Waals surface area (Å²) in [4.78, 5) is 0. The molecule has 9 heteroatoms. The molecule has 0 radical (unpaired) electrons. The molecule has 1 N–H and O–H groups in total. The van der Waals surface area contributed by atoms with E-state index in [0.717, 1.165) is 4.68 Å². The van der Waals surface area contributed by atoms with Crippen molar-refractivity contribution in [3.05, 3.63) is 46.7 Å². The number of benzene rings is 1. The highest BCUT2D eigenvalue weighted by atomic mass is 35.5. The van der Waals surface area contributed by atoms with Crippen LogP contribution in [0.5, 0.6) is 0 Å². The Hall–Kier alpha value is -1.73. The predicted molar refractivity (Wildman–Crippen MR) is 67.8 cm³/mol.